The van der Waals surface area contributed by atoms with Crippen LogP contribution in [0.1, 0.15) is 12.1 Å². The van der Waals surface area contributed by atoms with E-state index in [9.17, 15) is 13.6 Å². The maximum Gasteiger partial charge on any atom is 0.256 e. The number of rotatable bonds is 4. The zero-order chi connectivity index (χ0) is 19.4. The summed E-state index contributed by atoms with van der Waals surface area (Å²) in [7, 11) is 1.44. The summed E-state index contributed by atoms with van der Waals surface area (Å²) < 4.78 is 35.3. The molecule has 0 bridgehead atoms. The number of anilines is 1. The van der Waals surface area contributed by atoms with Gasteiger partial charge in [0.05, 0.1) is 25.5 Å². The minimum absolute atomic E-state index is 0.133. The van der Waals surface area contributed by atoms with E-state index >= 15 is 0 Å². The summed E-state index contributed by atoms with van der Waals surface area (Å²) in [5.41, 5.74) is 0.574. The zero-order valence-electron chi connectivity index (χ0n) is 14.5. The molecule has 1 aliphatic heterocycles. The van der Waals surface area contributed by atoms with Crippen molar-refractivity contribution in [2.75, 3.05) is 31.6 Å². The molecule has 1 aliphatic rings. The molecule has 2 N–H and O–H groups in total. The van der Waals surface area contributed by atoms with E-state index in [1.807, 2.05) is 0 Å². The molecule has 0 atom stereocenters. The fourth-order valence-electron chi connectivity index (χ4n) is 2.72. The van der Waals surface area contributed by atoms with Crippen LogP contribution in [0.3, 0.4) is 0 Å². The Kier molecular flexibility index (Phi) is 5.79. The highest BCUT2D eigenvalue weighted by molar-refractivity contribution is 7.80. The fraction of sp³-hybridized carbons (Fsp3) is 0.375. The summed E-state index contributed by atoms with van der Waals surface area (Å²) in [5, 5.41) is 13.5. The third-order valence-electron chi connectivity index (χ3n) is 4.04. The van der Waals surface area contributed by atoms with Crippen LogP contribution in [-0.4, -0.2) is 52.8 Å². The van der Waals surface area contributed by atoms with E-state index in [0.29, 0.717) is 18.8 Å². The normalized spacial score (nSPS) is 14.5. The van der Waals surface area contributed by atoms with Crippen LogP contribution >= 0.6 is 12.2 Å². The lowest BCUT2D eigenvalue weighted by Crippen LogP contribution is -2.29. The van der Waals surface area contributed by atoms with Crippen LogP contribution in [0.25, 0.3) is 5.69 Å². The molecular weight excluding hydrogens is 378 g/mol. The fourth-order valence-corrected chi connectivity index (χ4v) is 2.79. The molecule has 0 spiro atoms. The van der Waals surface area contributed by atoms with Crippen molar-refractivity contribution >= 4 is 29.0 Å². The SMILES string of the molecule is COC(=S)NCc1cn(-c2cc(F)c(N3CCNC(=O)CC3)c(F)c2)nn1. The van der Waals surface area contributed by atoms with E-state index in [2.05, 4.69) is 20.9 Å². The number of thiocarbonyl (C=S) groups is 1. The molecule has 11 heteroatoms. The van der Waals surface area contributed by atoms with E-state index in [-0.39, 0.29) is 42.0 Å². The van der Waals surface area contributed by atoms with Crippen molar-refractivity contribution in [3.63, 3.8) is 0 Å². The van der Waals surface area contributed by atoms with Crippen LogP contribution in [0.15, 0.2) is 18.3 Å². The highest BCUT2D eigenvalue weighted by Crippen LogP contribution is 2.27. The molecule has 8 nitrogen and oxygen atoms in total. The van der Waals surface area contributed by atoms with E-state index in [4.69, 9.17) is 17.0 Å². The van der Waals surface area contributed by atoms with E-state index in [0.717, 1.165) is 0 Å². The number of methoxy groups -OCH3 is 1. The van der Waals surface area contributed by atoms with Crippen molar-refractivity contribution in [3.8, 4) is 5.69 Å². The number of carbonyl (C=O) groups is 1. The van der Waals surface area contributed by atoms with Crippen LogP contribution in [0.4, 0.5) is 14.5 Å². The smallest absolute Gasteiger partial charge is 0.256 e. The lowest BCUT2D eigenvalue weighted by atomic mass is 10.2. The molecule has 0 radical (unpaired) electrons. The highest BCUT2D eigenvalue weighted by atomic mass is 32.1. The summed E-state index contributed by atoms with van der Waals surface area (Å²) in [4.78, 5) is 12.9. The predicted molar refractivity (Wildman–Crippen MR) is 97.6 cm³/mol. The van der Waals surface area contributed by atoms with Crippen molar-refractivity contribution in [2.24, 2.45) is 0 Å². The Morgan fingerprint density at radius 1 is 1.37 bits per heavy atom. The number of nitrogens with one attached hydrogen (secondary N) is 2. The summed E-state index contributed by atoms with van der Waals surface area (Å²) in [6.45, 7) is 1.18. The largest absolute Gasteiger partial charge is 0.474 e. The molecule has 1 fully saturated rings. The zero-order valence-corrected chi connectivity index (χ0v) is 15.4. The van der Waals surface area contributed by atoms with Gasteiger partial charge < -0.3 is 20.3 Å². The molecule has 3 rings (SSSR count). The van der Waals surface area contributed by atoms with Crippen molar-refractivity contribution < 1.29 is 18.3 Å². The lowest BCUT2D eigenvalue weighted by molar-refractivity contribution is -0.120. The number of hydrogen-bond donors (Lipinski definition) is 2. The second-order valence-corrected chi connectivity index (χ2v) is 6.22. The molecule has 27 heavy (non-hydrogen) atoms. The van der Waals surface area contributed by atoms with Gasteiger partial charge in [-0.25, -0.2) is 13.5 Å². The maximum atomic E-state index is 14.6. The number of amides is 1. The maximum absolute atomic E-state index is 14.6. The molecule has 0 unspecified atom stereocenters. The molecule has 0 saturated carbocycles. The van der Waals surface area contributed by atoms with Gasteiger partial charge in [0.1, 0.15) is 11.4 Å². The molecule has 144 valence electrons. The van der Waals surface area contributed by atoms with E-state index in [1.165, 1.54) is 35.0 Å². The Labute approximate surface area is 159 Å². The van der Waals surface area contributed by atoms with Crippen LogP contribution in [0.2, 0.25) is 0 Å². The van der Waals surface area contributed by atoms with Gasteiger partial charge in [-0.3, -0.25) is 4.79 Å². The first kappa shape index (κ1) is 19.0. The second-order valence-electron chi connectivity index (χ2n) is 5.84. The van der Waals surface area contributed by atoms with Crippen LogP contribution in [0.5, 0.6) is 0 Å². The molecule has 1 aromatic heterocycles. The molecule has 2 aromatic rings. The van der Waals surface area contributed by atoms with Gasteiger partial charge in [0.2, 0.25) is 5.91 Å². The van der Waals surface area contributed by atoms with Crippen molar-refractivity contribution in [3.05, 3.63) is 35.7 Å². The number of hydrogen-bond acceptors (Lipinski definition) is 6. The van der Waals surface area contributed by atoms with Gasteiger partial charge in [-0.2, -0.15) is 0 Å². The van der Waals surface area contributed by atoms with Crippen LogP contribution < -0.4 is 15.5 Å². The summed E-state index contributed by atoms with van der Waals surface area (Å²) in [6.07, 6.45) is 1.72. The first-order chi connectivity index (χ1) is 13.0. The van der Waals surface area contributed by atoms with Gasteiger partial charge in [-0.05, 0) is 12.2 Å². The Balaban J connectivity index is 1.79. The first-order valence-electron chi connectivity index (χ1n) is 8.22. The quantitative estimate of drug-likeness (QED) is 0.743. The van der Waals surface area contributed by atoms with E-state index in [1.54, 1.807) is 0 Å². The van der Waals surface area contributed by atoms with Gasteiger partial charge in [-0.1, -0.05) is 5.21 Å². The van der Waals surface area contributed by atoms with Crippen LogP contribution in [0, 0.1) is 11.6 Å². The summed E-state index contributed by atoms with van der Waals surface area (Å²) in [6, 6.07) is 2.37. The van der Waals surface area contributed by atoms with Gasteiger partial charge in [0, 0.05) is 38.2 Å². The highest BCUT2D eigenvalue weighted by Gasteiger charge is 2.21. The van der Waals surface area contributed by atoms with Crippen molar-refractivity contribution in [2.45, 2.75) is 13.0 Å². The number of aromatic nitrogens is 3. The third-order valence-corrected chi connectivity index (χ3v) is 4.35. The standard InChI is InChI=1S/C16H18F2N6O2S/c1-26-16(27)20-8-10-9-24(22-21-10)11-6-12(17)15(13(18)7-11)23-4-2-14(25)19-3-5-23/h6-7,9H,2-5,8H2,1H3,(H,19,25)(H,20,27). The summed E-state index contributed by atoms with van der Waals surface area (Å²) >= 11 is 4.86. The van der Waals surface area contributed by atoms with Gasteiger partial charge in [0.25, 0.3) is 5.17 Å². The summed E-state index contributed by atoms with van der Waals surface area (Å²) in [5.74, 6) is -1.59. The van der Waals surface area contributed by atoms with Gasteiger partial charge in [-0.15, -0.1) is 5.10 Å². The Bertz CT molecular complexity index is 836. The number of benzene rings is 1. The van der Waals surface area contributed by atoms with Crippen LogP contribution in [-0.2, 0) is 16.1 Å². The Morgan fingerprint density at radius 3 is 2.81 bits per heavy atom. The first-order valence-corrected chi connectivity index (χ1v) is 8.63. The average molecular weight is 396 g/mol. The second kappa shape index (κ2) is 8.25. The Hall–Kier alpha value is -2.82. The molecule has 2 heterocycles. The lowest BCUT2D eigenvalue weighted by Gasteiger charge is -2.23. The van der Waals surface area contributed by atoms with Crippen molar-refractivity contribution in [1.29, 1.82) is 0 Å². The van der Waals surface area contributed by atoms with Crippen molar-refractivity contribution in [1.82, 2.24) is 25.6 Å². The minimum atomic E-state index is -0.727. The van der Waals surface area contributed by atoms with E-state index < -0.39 is 11.6 Å². The minimum Gasteiger partial charge on any atom is -0.474 e. The molecule has 0 aliphatic carbocycles. The molecule has 1 amide bonds. The number of nitrogens with zero attached hydrogens (tertiary/aromatic N) is 4. The molecular formula is C16H18F2N6O2S. The average Bonchev–Trinajstić information content (AvgIpc) is 3.02. The predicted octanol–water partition coefficient (Wildman–Crippen LogP) is 0.893. The van der Waals surface area contributed by atoms with Gasteiger partial charge >= 0.3 is 0 Å². The molecule has 1 aromatic carbocycles. The topological polar surface area (TPSA) is 84.3 Å². The monoisotopic (exact) mass is 396 g/mol. The third kappa shape index (κ3) is 4.48. The number of ether oxygens (including phenoxy) is 1. The molecule has 1 saturated heterocycles. The van der Waals surface area contributed by atoms with Gasteiger partial charge in [0.15, 0.2) is 11.6 Å². The Morgan fingerprint density at radius 2 is 2.11 bits per heavy atom. The number of carbonyl (C=O) groups excluding carboxylic acids is 1. The number of halogens is 2.